The Morgan fingerprint density at radius 1 is 0.897 bits per heavy atom. The minimum atomic E-state index is -1.04. The Balaban J connectivity index is 1.63. The molecule has 0 N–H and O–H groups in total. The van der Waals surface area contributed by atoms with E-state index in [1.54, 1.807) is 4.90 Å². The van der Waals surface area contributed by atoms with Crippen molar-refractivity contribution in [1.82, 2.24) is 0 Å². The van der Waals surface area contributed by atoms with Gasteiger partial charge in [-0.1, -0.05) is 66.2 Å². The van der Waals surface area contributed by atoms with Crippen molar-refractivity contribution in [2.75, 3.05) is 15.6 Å². The predicted octanol–water partition coefficient (Wildman–Crippen LogP) is 4.47. The van der Waals surface area contributed by atoms with Gasteiger partial charge in [0.2, 0.25) is 10.8 Å². The average molecular weight is 401 g/mol. The molecule has 144 valence electrons. The Hall–Kier alpha value is -3.05. The molecule has 0 aliphatic carbocycles. The molecule has 0 aromatic heterocycles. The summed E-state index contributed by atoms with van der Waals surface area (Å²) in [6, 6.07) is 25.6. The molecule has 3 aromatic rings. The van der Waals surface area contributed by atoms with Gasteiger partial charge in [-0.15, -0.1) is 11.8 Å². The molecule has 2 aliphatic heterocycles. The van der Waals surface area contributed by atoms with E-state index >= 15 is 0 Å². The summed E-state index contributed by atoms with van der Waals surface area (Å²) in [5, 5.41) is 0. The minimum absolute atomic E-state index is 0.0402. The largest absolute Gasteiger partial charge is 0.304 e. The van der Waals surface area contributed by atoms with Crippen molar-refractivity contribution >= 4 is 35.0 Å². The van der Waals surface area contributed by atoms with E-state index in [-0.39, 0.29) is 17.6 Å². The molecule has 2 heterocycles. The van der Waals surface area contributed by atoms with Crippen LogP contribution in [0.25, 0.3) is 0 Å². The summed E-state index contributed by atoms with van der Waals surface area (Å²) in [4.78, 5) is 29.3. The van der Waals surface area contributed by atoms with Gasteiger partial charge >= 0.3 is 0 Å². The first-order valence-corrected chi connectivity index (χ1v) is 10.6. The highest BCUT2D eigenvalue weighted by molar-refractivity contribution is 8.02. The molecule has 1 fully saturated rings. The number of aryl methyl sites for hydroxylation is 1. The molecule has 4 nitrogen and oxygen atoms in total. The van der Waals surface area contributed by atoms with Crippen LogP contribution in [0.2, 0.25) is 0 Å². The fraction of sp³-hybridized carbons (Fsp3) is 0.167. The average Bonchev–Trinajstić information content (AvgIpc) is 3.21. The monoisotopic (exact) mass is 400 g/mol. The van der Waals surface area contributed by atoms with Crippen LogP contribution < -0.4 is 9.80 Å². The number of nitrogens with zero attached hydrogens (tertiary/aromatic N) is 2. The van der Waals surface area contributed by atoms with Gasteiger partial charge in [0.25, 0.3) is 5.91 Å². The first kappa shape index (κ1) is 18.0. The maximum absolute atomic E-state index is 13.9. The van der Waals surface area contributed by atoms with Crippen LogP contribution >= 0.6 is 11.8 Å². The molecule has 5 heteroatoms. The number of fused-ring (bicyclic) bond motifs is 2. The van der Waals surface area contributed by atoms with E-state index in [2.05, 4.69) is 24.3 Å². The summed E-state index contributed by atoms with van der Waals surface area (Å²) in [7, 11) is 0. The van der Waals surface area contributed by atoms with E-state index in [0.29, 0.717) is 6.54 Å². The van der Waals surface area contributed by atoms with E-state index in [9.17, 15) is 9.59 Å². The second-order valence-electron chi connectivity index (χ2n) is 7.39. The summed E-state index contributed by atoms with van der Waals surface area (Å²) in [6.07, 6.45) is 0. The van der Waals surface area contributed by atoms with Crippen molar-refractivity contribution in [2.45, 2.75) is 18.3 Å². The Morgan fingerprint density at radius 3 is 2.34 bits per heavy atom. The van der Waals surface area contributed by atoms with E-state index in [1.807, 2.05) is 66.4 Å². The molecule has 0 bridgehead atoms. The van der Waals surface area contributed by atoms with Gasteiger partial charge in [0.15, 0.2) is 0 Å². The maximum atomic E-state index is 13.9. The number of anilines is 2. The van der Waals surface area contributed by atoms with Gasteiger partial charge in [-0.25, -0.2) is 0 Å². The molecule has 1 atom stereocenters. The molecule has 0 unspecified atom stereocenters. The zero-order valence-electron chi connectivity index (χ0n) is 16.0. The summed E-state index contributed by atoms with van der Waals surface area (Å²) in [6.45, 7) is 2.53. The molecule has 29 heavy (non-hydrogen) atoms. The first-order chi connectivity index (χ1) is 14.1. The van der Waals surface area contributed by atoms with Crippen LogP contribution in [0.1, 0.15) is 16.7 Å². The third kappa shape index (κ3) is 2.69. The lowest BCUT2D eigenvalue weighted by Gasteiger charge is -2.33. The first-order valence-electron chi connectivity index (χ1n) is 9.60. The molecular formula is C24H20N2O2S. The molecule has 1 saturated heterocycles. The summed E-state index contributed by atoms with van der Waals surface area (Å²) in [5.41, 5.74) is 4.77. The van der Waals surface area contributed by atoms with E-state index in [4.69, 9.17) is 0 Å². The Labute approximate surface area is 174 Å². The van der Waals surface area contributed by atoms with Gasteiger partial charge in [-0.2, -0.15) is 0 Å². The van der Waals surface area contributed by atoms with E-state index < -0.39 is 4.87 Å². The number of amides is 2. The van der Waals surface area contributed by atoms with Crippen molar-refractivity contribution in [3.63, 3.8) is 0 Å². The molecule has 0 saturated carbocycles. The molecule has 2 aliphatic rings. The minimum Gasteiger partial charge on any atom is -0.304 e. The standard InChI is InChI=1S/C24H20N2O2S/c1-17-11-13-18(14-12-17)15-25-21-10-6-5-9-20(21)24(23(25)28)26(22(27)16-29-24)19-7-3-2-4-8-19/h2-14H,15-16H2,1H3/t24-/m1/s1. The Bertz CT molecular complexity index is 1100. The lowest BCUT2D eigenvalue weighted by atomic mass is 10.0. The third-order valence-electron chi connectivity index (χ3n) is 5.54. The molecule has 2 amide bonds. The van der Waals surface area contributed by atoms with Gasteiger partial charge in [0.05, 0.1) is 18.0 Å². The zero-order valence-corrected chi connectivity index (χ0v) is 16.9. The van der Waals surface area contributed by atoms with Gasteiger partial charge in [-0.05, 0) is 30.7 Å². The summed E-state index contributed by atoms with van der Waals surface area (Å²) in [5.74, 6) is 0.188. The number of hydrogen-bond donors (Lipinski definition) is 0. The van der Waals surface area contributed by atoms with Crippen LogP contribution in [-0.2, 0) is 21.0 Å². The van der Waals surface area contributed by atoms with E-state index in [0.717, 1.165) is 22.5 Å². The van der Waals surface area contributed by atoms with Crippen molar-refractivity contribution in [3.05, 3.63) is 95.6 Å². The van der Waals surface area contributed by atoms with Crippen LogP contribution in [0, 0.1) is 6.92 Å². The number of carbonyl (C=O) groups is 2. The summed E-state index contributed by atoms with van der Waals surface area (Å²) < 4.78 is 0. The predicted molar refractivity (Wildman–Crippen MR) is 117 cm³/mol. The van der Waals surface area contributed by atoms with Gasteiger partial charge in [0.1, 0.15) is 0 Å². The van der Waals surface area contributed by atoms with Crippen molar-refractivity contribution < 1.29 is 9.59 Å². The zero-order chi connectivity index (χ0) is 20.0. The Kier molecular flexibility index (Phi) is 4.21. The number of benzene rings is 3. The molecule has 5 rings (SSSR count). The van der Waals surface area contributed by atoms with Crippen molar-refractivity contribution in [1.29, 1.82) is 0 Å². The number of carbonyl (C=O) groups excluding carboxylic acids is 2. The highest BCUT2D eigenvalue weighted by Crippen LogP contribution is 2.55. The SMILES string of the molecule is Cc1ccc(CN2C(=O)[C@]3(SCC(=O)N3c3ccccc3)c3ccccc32)cc1. The van der Waals surface area contributed by atoms with Crippen molar-refractivity contribution in [3.8, 4) is 0 Å². The van der Waals surface area contributed by atoms with Crippen LogP contribution in [0.5, 0.6) is 0 Å². The maximum Gasteiger partial charge on any atom is 0.269 e. The van der Waals surface area contributed by atoms with Crippen LogP contribution in [0.3, 0.4) is 0 Å². The third-order valence-corrected chi connectivity index (χ3v) is 6.93. The fourth-order valence-corrected chi connectivity index (χ4v) is 5.53. The smallest absolute Gasteiger partial charge is 0.269 e. The summed E-state index contributed by atoms with van der Waals surface area (Å²) >= 11 is 1.42. The van der Waals surface area contributed by atoms with Gasteiger partial charge in [0, 0.05) is 11.3 Å². The van der Waals surface area contributed by atoms with Crippen molar-refractivity contribution in [2.24, 2.45) is 0 Å². The van der Waals surface area contributed by atoms with Crippen LogP contribution in [-0.4, -0.2) is 17.6 Å². The number of rotatable bonds is 3. The molecule has 0 radical (unpaired) electrons. The second kappa shape index (κ2) is 6.78. The van der Waals surface area contributed by atoms with Crippen LogP contribution in [0.4, 0.5) is 11.4 Å². The lowest BCUT2D eigenvalue weighted by molar-refractivity contribution is -0.123. The lowest BCUT2D eigenvalue weighted by Crippen LogP contribution is -2.49. The van der Waals surface area contributed by atoms with Gasteiger partial charge in [-0.3, -0.25) is 14.5 Å². The fourth-order valence-electron chi connectivity index (χ4n) is 4.17. The highest BCUT2D eigenvalue weighted by atomic mass is 32.2. The second-order valence-corrected chi connectivity index (χ2v) is 8.56. The topological polar surface area (TPSA) is 40.6 Å². The molecule has 3 aromatic carbocycles. The van der Waals surface area contributed by atoms with E-state index in [1.165, 1.54) is 17.3 Å². The normalized spacial score (nSPS) is 20.6. The molecular weight excluding hydrogens is 380 g/mol. The number of thioether (sulfide) groups is 1. The van der Waals surface area contributed by atoms with Gasteiger partial charge < -0.3 is 4.90 Å². The molecule has 1 spiro atoms. The number of hydrogen-bond acceptors (Lipinski definition) is 3. The van der Waals surface area contributed by atoms with Crippen LogP contribution in [0.15, 0.2) is 78.9 Å². The number of para-hydroxylation sites is 2. The highest BCUT2D eigenvalue weighted by Gasteiger charge is 2.60. The Morgan fingerprint density at radius 2 is 1.59 bits per heavy atom. The quantitative estimate of drug-likeness (QED) is 0.651.